The van der Waals surface area contributed by atoms with Gasteiger partial charge in [-0.1, -0.05) is 0 Å². The molecule has 0 aromatic rings. The van der Waals surface area contributed by atoms with E-state index in [1.165, 1.54) is 0 Å². The summed E-state index contributed by atoms with van der Waals surface area (Å²) in [5.41, 5.74) is 2.37. The van der Waals surface area contributed by atoms with Crippen molar-refractivity contribution in [1.82, 2.24) is 10.3 Å². The van der Waals surface area contributed by atoms with Crippen LogP contribution in [0.2, 0.25) is 0 Å². The molecule has 6 nitrogen and oxygen atoms in total. The lowest BCUT2D eigenvalue weighted by atomic mass is 10.1. The number of aliphatic hydroxyl groups is 1. The van der Waals surface area contributed by atoms with Gasteiger partial charge in [-0.2, -0.15) is 0 Å². The Morgan fingerprint density at radius 3 is 2.82 bits per heavy atom. The van der Waals surface area contributed by atoms with Gasteiger partial charge in [0.2, 0.25) is 5.96 Å². The standard InChI is InChI=1S/C11H22N4O2/c1-11(2)7-15(5-9(6-16)17-11)10(14-12)13-8-3-4-8/h8-9,16H,3-7,12H2,1-2H3,(H,13,14). The molecule has 6 heteroatoms. The molecule has 98 valence electrons. The van der Waals surface area contributed by atoms with Gasteiger partial charge >= 0.3 is 0 Å². The zero-order chi connectivity index (χ0) is 12.5. The number of nitrogens with zero attached hydrogens (tertiary/aromatic N) is 2. The van der Waals surface area contributed by atoms with E-state index < -0.39 is 0 Å². The second-order valence-electron chi connectivity index (χ2n) is 5.39. The molecule has 1 aliphatic carbocycles. The first-order valence-electron chi connectivity index (χ1n) is 6.12. The van der Waals surface area contributed by atoms with E-state index in [4.69, 9.17) is 10.6 Å². The summed E-state index contributed by atoms with van der Waals surface area (Å²) in [7, 11) is 0. The number of nitrogens with two attached hydrogens (primary N) is 1. The van der Waals surface area contributed by atoms with E-state index >= 15 is 0 Å². The van der Waals surface area contributed by atoms with Crippen molar-refractivity contribution in [2.75, 3.05) is 19.7 Å². The third-order valence-corrected chi connectivity index (χ3v) is 2.97. The summed E-state index contributed by atoms with van der Waals surface area (Å²) in [6.07, 6.45) is 2.10. The summed E-state index contributed by atoms with van der Waals surface area (Å²) in [4.78, 5) is 6.59. The first-order valence-corrected chi connectivity index (χ1v) is 6.12. The molecule has 0 amide bonds. The SMILES string of the molecule is CC1(C)CN(C(=NC2CC2)NN)CC(CO)O1. The number of hydrogen-bond acceptors (Lipinski definition) is 4. The quantitative estimate of drug-likeness (QED) is 0.262. The molecule has 2 rings (SSSR count). The number of hydrogen-bond donors (Lipinski definition) is 3. The van der Waals surface area contributed by atoms with Gasteiger partial charge in [0, 0.05) is 13.1 Å². The molecule has 0 radical (unpaired) electrons. The van der Waals surface area contributed by atoms with E-state index in [-0.39, 0.29) is 18.3 Å². The maximum absolute atomic E-state index is 9.25. The molecule has 1 saturated carbocycles. The minimum absolute atomic E-state index is 0.0151. The third kappa shape index (κ3) is 3.31. The largest absolute Gasteiger partial charge is 0.394 e. The van der Waals surface area contributed by atoms with Gasteiger partial charge in [0.15, 0.2) is 0 Å². The van der Waals surface area contributed by atoms with Crippen LogP contribution in [-0.2, 0) is 4.74 Å². The number of hydrazine groups is 1. The molecular weight excluding hydrogens is 220 g/mol. The van der Waals surface area contributed by atoms with Crippen molar-refractivity contribution in [3.8, 4) is 0 Å². The molecule has 1 atom stereocenters. The van der Waals surface area contributed by atoms with Gasteiger partial charge < -0.3 is 14.7 Å². The highest BCUT2D eigenvalue weighted by molar-refractivity contribution is 5.80. The Morgan fingerprint density at radius 2 is 2.29 bits per heavy atom. The predicted octanol–water partition coefficient (Wildman–Crippen LogP) is -0.560. The predicted molar refractivity (Wildman–Crippen MR) is 65.4 cm³/mol. The van der Waals surface area contributed by atoms with E-state index in [0.717, 1.165) is 19.4 Å². The lowest BCUT2D eigenvalue weighted by Crippen LogP contribution is -2.59. The average molecular weight is 242 g/mol. The summed E-state index contributed by atoms with van der Waals surface area (Å²) in [5.74, 6) is 6.24. The molecule has 0 aromatic carbocycles. The summed E-state index contributed by atoms with van der Waals surface area (Å²) in [6.45, 7) is 5.37. The van der Waals surface area contributed by atoms with Crippen LogP contribution in [0.5, 0.6) is 0 Å². The second kappa shape index (κ2) is 4.80. The van der Waals surface area contributed by atoms with Crippen molar-refractivity contribution in [1.29, 1.82) is 0 Å². The molecule has 1 unspecified atom stereocenters. The van der Waals surface area contributed by atoms with Crippen LogP contribution < -0.4 is 11.3 Å². The summed E-state index contributed by atoms with van der Waals surface area (Å²) in [6, 6.07) is 0.416. The van der Waals surface area contributed by atoms with Gasteiger partial charge in [0.1, 0.15) is 0 Å². The number of guanidine groups is 1. The molecule has 17 heavy (non-hydrogen) atoms. The number of aliphatic imine (C=N–C) groups is 1. The van der Waals surface area contributed by atoms with Crippen LogP contribution in [0.1, 0.15) is 26.7 Å². The highest BCUT2D eigenvalue weighted by Crippen LogP contribution is 2.25. The van der Waals surface area contributed by atoms with Crippen molar-refractivity contribution in [3.63, 3.8) is 0 Å². The number of aliphatic hydroxyl groups excluding tert-OH is 1. The van der Waals surface area contributed by atoms with Gasteiger partial charge in [-0.25, -0.2) is 10.8 Å². The lowest BCUT2D eigenvalue weighted by Gasteiger charge is -2.43. The Kier molecular flexibility index (Phi) is 3.56. The highest BCUT2D eigenvalue weighted by atomic mass is 16.5. The fourth-order valence-electron chi connectivity index (χ4n) is 2.14. The van der Waals surface area contributed by atoms with E-state index in [9.17, 15) is 5.11 Å². The van der Waals surface area contributed by atoms with Gasteiger partial charge in [0.25, 0.3) is 0 Å². The number of nitrogens with one attached hydrogen (secondary N) is 1. The molecule has 0 spiro atoms. The summed E-state index contributed by atoms with van der Waals surface area (Å²) < 4.78 is 5.75. The zero-order valence-corrected chi connectivity index (χ0v) is 10.5. The van der Waals surface area contributed by atoms with E-state index in [1.54, 1.807) is 0 Å². The number of rotatable bonds is 2. The summed E-state index contributed by atoms with van der Waals surface area (Å²) in [5, 5.41) is 9.25. The minimum atomic E-state index is -0.299. The Bertz CT molecular complexity index is 302. The van der Waals surface area contributed by atoms with E-state index in [0.29, 0.717) is 18.5 Å². The van der Waals surface area contributed by atoms with Crippen molar-refractivity contribution in [2.24, 2.45) is 10.8 Å². The molecule has 0 bridgehead atoms. The molecule has 1 heterocycles. The lowest BCUT2D eigenvalue weighted by molar-refractivity contribution is -0.135. The maximum Gasteiger partial charge on any atom is 0.208 e. The van der Waals surface area contributed by atoms with Crippen molar-refractivity contribution in [2.45, 2.75) is 44.4 Å². The molecule has 4 N–H and O–H groups in total. The molecule has 1 aliphatic heterocycles. The van der Waals surface area contributed by atoms with Crippen LogP contribution in [0.25, 0.3) is 0 Å². The normalized spacial score (nSPS) is 29.3. The van der Waals surface area contributed by atoms with Gasteiger partial charge in [-0.05, 0) is 26.7 Å². The van der Waals surface area contributed by atoms with Crippen LogP contribution in [-0.4, -0.2) is 53.4 Å². The van der Waals surface area contributed by atoms with Crippen molar-refractivity contribution < 1.29 is 9.84 Å². The minimum Gasteiger partial charge on any atom is -0.394 e. The monoisotopic (exact) mass is 242 g/mol. The van der Waals surface area contributed by atoms with Gasteiger partial charge in [-0.3, -0.25) is 5.43 Å². The van der Waals surface area contributed by atoms with Crippen LogP contribution in [0.15, 0.2) is 4.99 Å². The first kappa shape index (κ1) is 12.6. The fourth-order valence-corrected chi connectivity index (χ4v) is 2.14. The Hall–Kier alpha value is -0.850. The Balaban J connectivity index is 2.07. The Morgan fingerprint density at radius 1 is 1.59 bits per heavy atom. The van der Waals surface area contributed by atoms with E-state index in [1.807, 2.05) is 13.8 Å². The van der Waals surface area contributed by atoms with Crippen molar-refractivity contribution >= 4 is 5.96 Å². The average Bonchev–Trinajstić information content (AvgIpc) is 3.07. The zero-order valence-electron chi connectivity index (χ0n) is 10.5. The third-order valence-electron chi connectivity index (χ3n) is 2.97. The molecule has 2 aliphatic rings. The van der Waals surface area contributed by atoms with Crippen LogP contribution in [0.3, 0.4) is 0 Å². The van der Waals surface area contributed by atoms with E-state index in [2.05, 4.69) is 15.3 Å². The number of ether oxygens (including phenoxy) is 1. The Labute approximate surface area is 102 Å². The second-order valence-corrected chi connectivity index (χ2v) is 5.39. The molecular formula is C11H22N4O2. The first-order chi connectivity index (χ1) is 8.04. The van der Waals surface area contributed by atoms with Crippen molar-refractivity contribution in [3.05, 3.63) is 0 Å². The van der Waals surface area contributed by atoms with Gasteiger partial charge in [-0.15, -0.1) is 0 Å². The number of morpholine rings is 1. The smallest absolute Gasteiger partial charge is 0.208 e. The summed E-state index contributed by atoms with van der Waals surface area (Å²) >= 11 is 0. The maximum atomic E-state index is 9.25. The molecule has 1 saturated heterocycles. The van der Waals surface area contributed by atoms with Gasteiger partial charge in [0.05, 0.1) is 24.4 Å². The molecule has 0 aromatic heterocycles. The van der Waals surface area contributed by atoms with Crippen LogP contribution >= 0.6 is 0 Å². The van der Waals surface area contributed by atoms with Crippen LogP contribution in [0.4, 0.5) is 0 Å². The fraction of sp³-hybridized carbons (Fsp3) is 0.909. The highest BCUT2D eigenvalue weighted by Gasteiger charge is 2.35. The van der Waals surface area contributed by atoms with Crippen LogP contribution in [0, 0.1) is 0 Å². The topological polar surface area (TPSA) is 83.1 Å². The molecule has 2 fully saturated rings.